The van der Waals surface area contributed by atoms with Crippen molar-refractivity contribution in [3.63, 3.8) is 0 Å². The number of carbonyl (C=O) groups is 6. The van der Waals surface area contributed by atoms with E-state index in [1.54, 1.807) is 30.3 Å². The molecule has 5 aromatic carbocycles. The lowest BCUT2D eigenvalue weighted by atomic mass is 9.75. The smallest absolute Gasteiger partial charge is 0.303 e. The molecule has 0 radical (unpaired) electrons. The second-order valence-electron chi connectivity index (χ2n) is 25.9. The zero-order chi connectivity index (χ0) is 72.2. The SMILES string of the molecule is CC1=CC(C(c2cc(C)c(N)c(C)c2)c2c(Cl)cccc2Cl)C=C(C)C1=[NH2+].CCCCCCCCCCCC(=O)NC(CCC(=O)O)C(=O)[O-].CCCCCCCCCCCC(=O)NC(CCC(=O)O)C(=O)[O-].C[N+](C)(C)c1ccc2ccc(O)c(N=Nc3ccc(N)cc3)c2c1. The van der Waals surface area contributed by atoms with Crippen LogP contribution in [-0.4, -0.2) is 89.9 Å². The predicted octanol–water partition coefficient (Wildman–Crippen LogP) is 13.8. The Morgan fingerprint density at radius 1 is 0.588 bits per heavy atom. The molecule has 21 heteroatoms. The van der Waals surface area contributed by atoms with Gasteiger partial charge in [0.15, 0.2) is 0 Å². The Bertz CT molecular complexity index is 3340. The van der Waals surface area contributed by atoms with Crippen molar-refractivity contribution in [2.24, 2.45) is 16.1 Å². The van der Waals surface area contributed by atoms with E-state index in [0.29, 0.717) is 31.6 Å². The number of nitrogens with one attached hydrogen (secondary N) is 2. The van der Waals surface area contributed by atoms with Crippen LogP contribution in [0.5, 0.6) is 5.75 Å². The number of unbranched alkanes of at least 4 members (excludes halogenated alkanes) is 16. The molecule has 1 aliphatic carbocycles. The first-order valence-electron chi connectivity index (χ1n) is 34.1. The van der Waals surface area contributed by atoms with Crippen molar-refractivity contribution in [2.45, 2.75) is 214 Å². The number of aryl methyl sites for hydroxylation is 2. The van der Waals surface area contributed by atoms with Crippen LogP contribution >= 0.6 is 23.2 Å². The van der Waals surface area contributed by atoms with Crippen LogP contribution < -0.4 is 42.2 Å². The van der Waals surface area contributed by atoms with Gasteiger partial charge in [-0.25, -0.2) is 0 Å². The maximum absolute atomic E-state index is 11.7. The van der Waals surface area contributed by atoms with Crippen LogP contribution in [0.3, 0.4) is 0 Å². The minimum Gasteiger partial charge on any atom is -0.548 e. The lowest BCUT2D eigenvalue weighted by molar-refractivity contribution is -0.309. The van der Waals surface area contributed by atoms with Gasteiger partial charge in [-0.05, 0) is 136 Å². The first kappa shape index (κ1) is 83.1. The summed E-state index contributed by atoms with van der Waals surface area (Å²) in [7, 11) is 6.29. The van der Waals surface area contributed by atoms with E-state index < -0.39 is 36.0 Å². The maximum atomic E-state index is 11.7. The normalized spacial score (nSPS) is 13.1. The largest absolute Gasteiger partial charge is 0.548 e. The highest BCUT2D eigenvalue weighted by molar-refractivity contribution is 6.36. The number of anilines is 2. The number of nitrogens with zero attached hydrogens (tertiary/aromatic N) is 3. The van der Waals surface area contributed by atoms with Gasteiger partial charge in [0, 0.05) is 81.5 Å². The number of carboxylic acid groups (broad SMARTS) is 4. The zero-order valence-corrected chi connectivity index (χ0v) is 60.0. The van der Waals surface area contributed by atoms with Crippen LogP contribution in [0.15, 0.2) is 118 Å². The highest BCUT2D eigenvalue weighted by Crippen LogP contribution is 2.44. The molecule has 3 atom stereocenters. The van der Waals surface area contributed by atoms with Crippen molar-refractivity contribution in [2.75, 3.05) is 32.6 Å². The lowest BCUT2D eigenvalue weighted by Crippen LogP contribution is -2.48. The molecule has 97 heavy (non-hydrogen) atoms. The van der Waals surface area contributed by atoms with Crippen molar-refractivity contribution in [1.82, 2.24) is 15.1 Å². The lowest BCUT2D eigenvalue weighted by Gasteiger charge is -2.29. The third-order valence-corrected chi connectivity index (χ3v) is 17.5. The number of fused-ring (bicyclic) bond motifs is 1. The topological polar surface area (TPSA) is 336 Å². The first-order chi connectivity index (χ1) is 46.0. The number of hydrogen-bond acceptors (Lipinski definition) is 13. The van der Waals surface area contributed by atoms with Gasteiger partial charge in [-0.15, -0.1) is 5.11 Å². The van der Waals surface area contributed by atoms with E-state index >= 15 is 0 Å². The van der Waals surface area contributed by atoms with Gasteiger partial charge in [-0.2, -0.15) is 5.11 Å². The Balaban J connectivity index is 0.000000338. The number of quaternary nitrogens is 1. The van der Waals surface area contributed by atoms with Gasteiger partial charge >= 0.3 is 11.9 Å². The summed E-state index contributed by atoms with van der Waals surface area (Å²) in [5.41, 5.74) is 22.8. The summed E-state index contributed by atoms with van der Waals surface area (Å²) >= 11 is 13.3. The van der Waals surface area contributed by atoms with Crippen molar-refractivity contribution in [3.05, 3.63) is 141 Å². The number of amides is 2. The van der Waals surface area contributed by atoms with Gasteiger partial charge in [0.25, 0.3) is 0 Å². The van der Waals surface area contributed by atoms with Gasteiger partial charge in [0.05, 0.1) is 50.9 Å². The molecule has 0 bridgehead atoms. The molecule has 5 aromatic rings. The van der Waals surface area contributed by atoms with E-state index in [4.69, 9.17) is 50.3 Å². The molecule has 0 spiro atoms. The van der Waals surface area contributed by atoms with Crippen molar-refractivity contribution in [3.8, 4) is 5.75 Å². The minimum atomic E-state index is -1.44. The highest BCUT2D eigenvalue weighted by Gasteiger charge is 2.31. The number of nitrogen functional groups attached to an aromatic ring is 2. The quantitative estimate of drug-likeness (QED) is 0.00801. The average molecular weight is 1380 g/mol. The number of carboxylic acids is 4. The van der Waals surface area contributed by atoms with Crippen molar-refractivity contribution < 1.29 is 59.7 Å². The van der Waals surface area contributed by atoms with E-state index in [9.17, 15) is 44.1 Å². The highest BCUT2D eigenvalue weighted by atomic mass is 35.5. The van der Waals surface area contributed by atoms with Crippen LogP contribution in [0.4, 0.5) is 28.4 Å². The summed E-state index contributed by atoms with van der Waals surface area (Å²) in [4.78, 5) is 65.9. The van der Waals surface area contributed by atoms with E-state index in [-0.39, 0.29) is 67.9 Å². The number of hydrogen-bond donors (Lipinski definition) is 8. The number of carbonyl (C=O) groups excluding carboxylic acids is 4. The first-order valence-corrected chi connectivity index (χ1v) is 34.8. The van der Waals surface area contributed by atoms with Crippen LogP contribution in [0.2, 0.25) is 10.0 Å². The molecule has 1 aliphatic rings. The van der Waals surface area contributed by atoms with E-state index in [1.807, 2.05) is 64.1 Å². The Morgan fingerprint density at radius 3 is 1.42 bits per heavy atom. The number of azo groups is 1. The Kier molecular flexibility index (Phi) is 37.6. The molecule has 0 aliphatic heterocycles. The third-order valence-electron chi connectivity index (χ3n) is 16.8. The summed E-state index contributed by atoms with van der Waals surface area (Å²) in [6.07, 6.45) is 24.5. The molecule has 0 aromatic heterocycles. The number of phenolic OH excluding ortho intramolecular Hbond substituents is 1. The molecule has 0 fully saturated rings. The van der Waals surface area contributed by atoms with Crippen LogP contribution in [0.1, 0.15) is 210 Å². The van der Waals surface area contributed by atoms with E-state index in [1.165, 1.54) is 77.0 Å². The van der Waals surface area contributed by atoms with Crippen LogP contribution in [0.25, 0.3) is 10.8 Å². The number of phenols is 1. The van der Waals surface area contributed by atoms with E-state index in [2.05, 4.69) is 86.2 Å². The molecular weight excluding hydrogens is 1270 g/mol. The molecular formula is C76H106Cl2N8O11. The van der Waals surface area contributed by atoms with Gasteiger partial charge in [-0.1, -0.05) is 176 Å². The molecule has 11 N–H and O–H groups in total. The number of benzene rings is 5. The fraction of sp³-hybridized carbons (Fsp3) is 0.487. The summed E-state index contributed by atoms with van der Waals surface area (Å²) in [5.74, 6) is -5.59. The molecule has 0 saturated heterocycles. The van der Waals surface area contributed by atoms with Gasteiger partial charge in [0.1, 0.15) is 17.1 Å². The molecule has 0 heterocycles. The summed E-state index contributed by atoms with van der Waals surface area (Å²) in [6, 6.07) is 24.3. The number of aromatic hydroxyl groups is 1. The second kappa shape index (κ2) is 43.9. The Hall–Kier alpha value is -8.13. The standard InChI is InChI=1S/C23H24Cl2N2.C19H20N4O.2C17H31NO5/c1-12-8-16(9-13(2)22(12)26)20(21-18(24)6-5-7-19(21)25)17-10-14(3)23(27)15(4)11-17;1-23(2,3)16-10-4-13-5-11-18(24)19(17(13)12-16)22-21-15-8-6-14(20)7-9-15;2*1-2-3-4-5-6-7-8-9-10-11-15(19)18-14(17(22)23)12-13-16(20)21/h5-11,16,20,26H,27H2,1-4H3;4-12H,1-3H3,(H2-,20,21,22,24);2*14H,2-13H2,1H3,(H,18,19)(H,20,21)(H,22,23). The summed E-state index contributed by atoms with van der Waals surface area (Å²) < 4.78 is 0.681. The molecule has 0 saturated carbocycles. The molecule has 3 unspecified atom stereocenters. The van der Waals surface area contributed by atoms with Gasteiger partial charge < -0.3 is 57.2 Å². The van der Waals surface area contributed by atoms with E-state index in [0.717, 1.165) is 99.8 Å². The minimum absolute atomic E-state index is 0.0257. The summed E-state index contributed by atoms with van der Waals surface area (Å²) in [6.45, 7) is 12.5. The number of nitrogens with two attached hydrogens (primary N) is 3. The average Bonchev–Trinajstić information content (AvgIpc) is 0.782. The number of halogens is 2. The molecule has 19 nitrogen and oxygen atoms in total. The monoisotopic (exact) mass is 1380 g/mol. The number of aliphatic carboxylic acids is 4. The Morgan fingerprint density at radius 2 is 1.01 bits per heavy atom. The van der Waals surface area contributed by atoms with Crippen LogP contribution in [0, 0.1) is 19.8 Å². The van der Waals surface area contributed by atoms with Crippen molar-refractivity contribution in [1.29, 1.82) is 0 Å². The third kappa shape index (κ3) is 30.9. The number of rotatable bonds is 36. The fourth-order valence-electron chi connectivity index (χ4n) is 11.1. The summed E-state index contributed by atoms with van der Waals surface area (Å²) in [5, 5.41) is 71.6. The molecule has 6 rings (SSSR count). The molecule has 2 amide bonds. The zero-order valence-electron chi connectivity index (χ0n) is 58.5. The fourth-order valence-corrected chi connectivity index (χ4v) is 11.7. The Labute approximate surface area is 584 Å². The second-order valence-corrected chi connectivity index (χ2v) is 26.7. The van der Waals surface area contributed by atoms with Gasteiger partial charge in [0.2, 0.25) is 17.5 Å². The maximum Gasteiger partial charge on any atom is 0.303 e. The van der Waals surface area contributed by atoms with Crippen molar-refractivity contribution >= 4 is 104 Å². The predicted molar refractivity (Wildman–Crippen MR) is 388 cm³/mol. The number of allylic oxidation sites excluding steroid dienone is 4. The van der Waals surface area contributed by atoms with Crippen LogP contribution in [-0.2, 0) is 28.8 Å². The molecule has 530 valence electrons. The van der Waals surface area contributed by atoms with Gasteiger partial charge in [-0.3, -0.25) is 29.1 Å².